The number of nitrogens with zero attached hydrogens (tertiary/aromatic N) is 5. The van der Waals surface area contributed by atoms with Crippen LogP contribution in [0.25, 0.3) is 16.6 Å². The number of morpholine rings is 1. The number of rotatable bonds is 11. The number of anilines is 1. The lowest BCUT2D eigenvalue weighted by Gasteiger charge is -2.26. The fraction of sp³-hybridized carbons (Fsp3) is 0.278. The topological polar surface area (TPSA) is 138 Å². The molecule has 0 saturated carbocycles. The largest absolute Gasteiger partial charge is 0.454 e. The van der Waals surface area contributed by atoms with E-state index < -0.39 is 25.5 Å². The molecular formula is C36H36F2N6O5Si. The zero-order valence-electron chi connectivity index (χ0n) is 27.9. The van der Waals surface area contributed by atoms with Gasteiger partial charge in [0.1, 0.15) is 24.4 Å². The molecule has 0 bridgehead atoms. The van der Waals surface area contributed by atoms with Crippen LogP contribution in [0.1, 0.15) is 32.0 Å². The molecule has 0 unspecified atom stereocenters. The molecule has 1 aliphatic heterocycles. The minimum absolute atomic E-state index is 0.0176. The quantitative estimate of drug-likeness (QED) is 0.0955. The van der Waals surface area contributed by atoms with E-state index in [1.54, 1.807) is 27.7 Å². The highest BCUT2D eigenvalue weighted by atomic mass is 28.3. The standard InChI is InChI=1S/C36H36F2N6O5Si/c1-50(2,3)16-15-48-22-43-29-9-7-23(36(46)42-11-13-47-14-12-42)17-24(29)19-31(43)34(45)27-21-41-44(35(27)40)30-10-8-26(18-25(30)20-39)49-32-6-4-5-28(37)33(32)38/h4-10,17-19,21H,11-16,22,40H2,1-3H3. The Hall–Kier alpha value is -5.36. The summed E-state index contributed by atoms with van der Waals surface area (Å²) in [6, 6.07) is 17.8. The molecule has 0 spiro atoms. The molecule has 50 heavy (non-hydrogen) atoms. The number of hydrogen-bond donors (Lipinski definition) is 1. The van der Waals surface area contributed by atoms with Crippen LogP contribution in [0, 0.1) is 23.0 Å². The van der Waals surface area contributed by atoms with Gasteiger partial charge in [-0.1, -0.05) is 25.7 Å². The molecule has 3 heterocycles. The van der Waals surface area contributed by atoms with Crippen molar-refractivity contribution in [2.75, 3.05) is 38.6 Å². The van der Waals surface area contributed by atoms with E-state index in [-0.39, 0.29) is 52.5 Å². The summed E-state index contributed by atoms with van der Waals surface area (Å²) in [6.07, 6.45) is 1.33. The maximum absolute atomic E-state index is 14.2. The molecule has 0 atom stereocenters. The number of aromatic nitrogens is 3. The number of amides is 1. The number of fused-ring (bicyclic) bond motifs is 1. The number of ether oxygens (including phenoxy) is 3. The molecule has 1 saturated heterocycles. The van der Waals surface area contributed by atoms with Gasteiger partial charge in [-0.15, -0.1) is 0 Å². The Balaban J connectivity index is 1.32. The summed E-state index contributed by atoms with van der Waals surface area (Å²) < 4.78 is 47.9. The SMILES string of the molecule is C[Si](C)(C)CCOCn1c(C(=O)c2cnn(-c3ccc(Oc4cccc(F)c4F)cc3C#N)c2N)cc2cc(C(=O)N3CCOCC3)ccc21. The van der Waals surface area contributed by atoms with Crippen molar-refractivity contribution in [3.8, 4) is 23.3 Å². The van der Waals surface area contributed by atoms with Gasteiger partial charge in [-0.05, 0) is 54.6 Å². The summed E-state index contributed by atoms with van der Waals surface area (Å²) in [5.41, 5.74) is 8.41. The lowest BCUT2D eigenvalue weighted by molar-refractivity contribution is 0.0303. The Morgan fingerprint density at radius 3 is 2.58 bits per heavy atom. The third-order valence-corrected chi connectivity index (χ3v) is 10.1. The third kappa shape index (κ3) is 7.16. The monoisotopic (exact) mass is 698 g/mol. The van der Waals surface area contributed by atoms with Crippen LogP contribution < -0.4 is 10.5 Å². The number of nitrogens with two attached hydrogens (primary N) is 1. The molecule has 5 aromatic rings. The summed E-state index contributed by atoms with van der Waals surface area (Å²) >= 11 is 0. The first kappa shape index (κ1) is 34.5. The van der Waals surface area contributed by atoms with Gasteiger partial charge >= 0.3 is 0 Å². The molecule has 1 fully saturated rings. The first-order chi connectivity index (χ1) is 23.9. The Labute approximate surface area is 288 Å². The molecule has 3 aromatic carbocycles. The number of ketones is 1. The van der Waals surface area contributed by atoms with E-state index in [0.717, 1.165) is 12.1 Å². The van der Waals surface area contributed by atoms with E-state index in [1.807, 2.05) is 12.1 Å². The molecule has 2 N–H and O–H groups in total. The number of nitriles is 1. The van der Waals surface area contributed by atoms with Crippen molar-refractivity contribution in [3.63, 3.8) is 0 Å². The summed E-state index contributed by atoms with van der Waals surface area (Å²) in [5.74, 6) is -3.05. The number of carbonyl (C=O) groups excluding carboxylic acids is 2. The average molecular weight is 699 g/mol. The number of halogens is 2. The summed E-state index contributed by atoms with van der Waals surface area (Å²) in [5, 5.41) is 14.9. The number of hydrogen-bond acceptors (Lipinski definition) is 8. The van der Waals surface area contributed by atoms with Gasteiger partial charge in [0.05, 0.1) is 47.4 Å². The first-order valence-electron chi connectivity index (χ1n) is 16.1. The third-order valence-electron chi connectivity index (χ3n) is 8.41. The van der Waals surface area contributed by atoms with Gasteiger partial charge in [0.2, 0.25) is 11.6 Å². The maximum atomic E-state index is 14.2. The predicted octanol–water partition coefficient (Wildman–Crippen LogP) is 6.37. The molecular weight excluding hydrogens is 663 g/mol. The molecule has 0 radical (unpaired) electrons. The van der Waals surface area contributed by atoms with Gasteiger partial charge in [0, 0.05) is 44.8 Å². The van der Waals surface area contributed by atoms with Gasteiger partial charge in [-0.3, -0.25) is 9.59 Å². The normalized spacial score (nSPS) is 13.4. The van der Waals surface area contributed by atoms with E-state index in [9.17, 15) is 23.6 Å². The summed E-state index contributed by atoms with van der Waals surface area (Å²) in [6.45, 7) is 9.37. The van der Waals surface area contributed by atoms with Crippen molar-refractivity contribution in [1.82, 2.24) is 19.2 Å². The van der Waals surface area contributed by atoms with E-state index in [1.165, 1.54) is 41.2 Å². The van der Waals surface area contributed by atoms with Crippen LogP contribution >= 0.6 is 0 Å². The summed E-state index contributed by atoms with van der Waals surface area (Å²) in [7, 11) is -1.37. The van der Waals surface area contributed by atoms with Crippen LogP contribution in [-0.2, 0) is 16.2 Å². The second kappa shape index (κ2) is 14.2. The van der Waals surface area contributed by atoms with Crippen LogP contribution in [0.4, 0.5) is 14.6 Å². The maximum Gasteiger partial charge on any atom is 0.254 e. The van der Waals surface area contributed by atoms with E-state index >= 15 is 0 Å². The van der Waals surface area contributed by atoms with Crippen molar-refractivity contribution >= 4 is 36.5 Å². The van der Waals surface area contributed by atoms with E-state index in [4.69, 9.17) is 19.9 Å². The number of nitrogen functional groups attached to an aromatic ring is 1. The smallest absolute Gasteiger partial charge is 0.254 e. The fourth-order valence-electron chi connectivity index (χ4n) is 5.62. The van der Waals surface area contributed by atoms with Crippen LogP contribution in [-0.4, -0.2) is 71.9 Å². The molecule has 2 aromatic heterocycles. The molecule has 11 nitrogen and oxygen atoms in total. The first-order valence-corrected chi connectivity index (χ1v) is 19.8. The highest BCUT2D eigenvalue weighted by Crippen LogP contribution is 2.31. The lowest BCUT2D eigenvalue weighted by Crippen LogP contribution is -2.40. The van der Waals surface area contributed by atoms with Crippen LogP contribution in [0.2, 0.25) is 25.7 Å². The fourth-order valence-corrected chi connectivity index (χ4v) is 6.38. The predicted molar refractivity (Wildman–Crippen MR) is 185 cm³/mol. The molecule has 6 rings (SSSR count). The summed E-state index contributed by atoms with van der Waals surface area (Å²) in [4.78, 5) is 29.2. The lowest BCUT2D eigenvalue weighted by atomic mass is 10.1. The average Bonchev–Trinajstić information content (AvgIpc) is 3.67. The molecule has 1 amide bonds. The Kier molecular flexibility index (Phi) is 9.83. The van der Waals surface area contributed by atoms with Crippen LogP contribution in [0.3, 0.4) is 0 Å². The Morgan fingerprint density at radius 1 is 1.06 bits per heavy atom. The van der Waals surface area contributed by atoms with Gasteiger partial charge in [0.15, 0.2) is 11.6 Å². The van der Waals surface area contributed by atoms with Gasteiger partial charge in [0.25, 0.3) is 5.91 Å². The number of benzene rings is 3. The van der Waals surface area contributed by atoms with Crippen molar-refractivity contribution in [3.05, 3.63) is 101 Å². The minimum Gasteiger partial charge on any atom is -0.454 e. The highest BCUT2D eigenvalue weighted by molar-refractivity contribution is 6.76. The van der Waals surface area contributed by atoms with E-state index in [2.05, 4.69) is 24.7 Å². The molecule has 258 valence electrons. The zero-order valence-corrected chi connectivity index (χ0v) is 28.9. The Bertz CT molecular complexity index is 2130. The zero-order chi connectivity index (χ0) is 35.6. The van der Waals surface area contributed by atoms with Crippen molar-refractivity contribution in [1.29, 1.82) is 5.26 Å². The van der Waals surface area contributed by atoms with Crippen molar-refractivity contribution < 1.29 is 32.6 Å². The van der Waals surface area contributed by atoms with Crippen LogP contribution in [0.5, 0.6) is 11.5 Å². The van der Waals surface area contributed by atoms with Gasteiger partial charge < -0.3 is 29.4 Å². The van der Waals surface area contributed by atoms with Crippen LogP contribution in [0.15, 0.2) is 66.9 Å². The van der Waals surface area contributed by atoms with Gasteiger partial charge in [-0.2, -0.15) is 14.8 Å². The van der Waals surface area contributed by atoms with Crippen molar-refractivity contribution in [2.24, 2.45) is 0 Å². The highest BCUT2D eigenvalue weighted by Gasteiger charge is 2.25. The van der Waals surface area contributed by atoms with Crippen molar-refractivity contribution in [2.45, 2.75) is 32.4 Å². The number of carbonyl (C=O) groups is 2. The molecule has 1 aliphatic rings. The van der Waals surface area contributed by atoms with Gasteiger partial charge in [-0.25, -0.2) is 9.07 Å². The van der Waals surface area contributed by atoms with E-state index in [0.29, 0.717) is 49.4 Å². The molecule has 14 heteroatoms. The Morgan fingerprint density at radius 2 is 1.84 bits per heavy atom. The second-order valence-electron chi connectivity index (χ2n) is 13.1. The second-order valence-corrected chi connectivity index (χ2v) is 18.7. The molecule has 0 aliphatic carbocycles. The minimum atomic E-state index is -1.37.